The summed E-state index contributed by atoms with van der Waals surface area (Å²) < 4.78 is 16.5. The lowest BCUT2D eigenvalue weighted by Crippen LogP contribution is -2.06. The maximum atomic E-state index is 14.8. The van der Waals surface area contributed by atoms with Crippen LogP contribution in [0, 0.1) is 5.82 Å². The Morgan fingerprint density at radius 1 is 1.07 bits per heavy atom. The largest absolute Gasteiger partial charge is 0.382 e. The van der Waals surface area contributed by atoms with E-state index in [2.05, 4.69) is 33.6 Å². The van der Waals surface area contributed by atoms with Gasteiger partial charge in [0.2, 0.25) is 0 Å². The van der Waals surface area contributed by atoms with E-state index in [1.807, 2.05) is 30.3 Å². The van der Waals surface area contributed by atoms with Crippen LogP contribution in [0.4, 0.5) is 21.7 Å². The van der Waals surface area contributed by atoms with Gasteiger partial charge in [0.05, 0.1) is 5.39 Å². The fourth-order valence-electron chi connectivity index (χ4n) is 4.08. The van der Waals surface area contributed by atoms with E-state index < -0.39 is 5.82 Å². The number of halogens is 1. The fourth-order valence-corrected chi connectivity index (χ4v) is 4.08. The molecule has 4 aromatic rings. The van der Waals surface area contributed by atoms with Crippen LogP contribution in [0.2, 0.25) is 0 Å². The van der Waals surface area contributed by atoms with Crippen LogP contribution in [0.1, 0.15) is 23.1 Å². The number of fused-ring (bicyclic) bond motifs is 2. The van der Waals surface area contributed by atoms with Gasteiger partial charge in [-0.05, 0) is 54.5 Å². The summed E-state index contributed by atoms with van der Waals surface area (Å²) in [5.74, 6) is 0.0766. The normalized spacial score (nSPS) is 13.0. The van der Waals surface area contributed by atoms with Gasteiger partial charge in [-0.3, -0.25) is 0 Å². The molecule has 146 valence electrons. The molecule has 0 aliphatic heterocycles. The van der Waals surface area contributed by atoms with Gasteiger partial charge in [0.15, 0.2) is 23.1 Å². The van der Waals surface area contributed by atoms with Crippen molar-refractivity contribution in [2.24, 2.45) is 0 Å². The molecule has 0 amide bonds. The van der Waals surface area contributed by atoms with Gasteiger partial charge in [-0.15, -0.1) is 0 Å². The van der Waals surface area contributed by atoms with Crippen molar-refractivity contribution in [2.75, 3.05) is 11.1 Å². The zero-order chi connectivity index (χ0) is 19.8. The molecule has 29 heavy (non-hydrogen) atoms. The van der Waals surface area contributed by atoms with Crippen molar-refractivity contribution in [1.82, 2.24) is 14.8 Å². The maximum absolute atomic E-state index is 14.8. The van der Waals surface area contributed by atoms with Gasteiger partial charge in [-0.25, -0.2) is 14.1 Å². The summed E-state index contributed by atoms with van der Waals surface area (Å²) in [5, 5.41) is 8.14. The van der Waals surface area contributed by atoms with Crippen molar-refractivity contribution in [3.8, 4) is 0 Å². The summed E-state index contributed by atoms with van der Waals surface area (Å²) in [6, 6.07) is 17.7. The minimum Gasteiger partial charge on any atom is -0.382 e. The molecule has 2 aromatic heterocycles. The third-order valence-corrected chi connectivity index (χ3v) is 5.56. The zero-order valence-corrected chi connectivity index (χ0v) is 16.0. The number of nitrogens with zero attached hydrogens (tertiary/aromatic N) is 3. The molecule has 1 aliphatic carbocycles. The van der Waals surface area contributed by atoms with Crippen LogP contribution in [-0.4, -0.2) is 14.8 Å². The lowest BCUT2D eigenvalue weighted by molar-refractivity contribution is 0.620. The van der Waals surface area contributed by atoms with Crippen molar-refractivity contribution >= 4 is 28.4 Å². The number of hydrogen-bond acceptors (Lipinski definition) is 4. The van der Waals surface area contributed by atoms with Crippen LogP contribution in [-0.2, 0) is 25.8 Å². The summed E-state index contributed by atoms with van der Waals surface area (Å²) in [6.07, 6.45) is 4.00. The Labute approximate surface area is 168 Å². The van der Waals surface area contributed by atoms with Gasteiger partial charge in [0, 0.05) is 12.2 Å². The monoisotopic (exact) mass is 387 g/mol. The number of nitrogens with one attached hydrogen (secondary N) is 1. The van der Waals surface area contributed by atoms with Crippen LogP contribution in [0.3, 0.4) is 0 Å². The molecular formula is C23H22FN5. The lowest BCUT2D eigenvalue weighted by atomic mass is 10.1. The maximum Gasteiger partial charge on any atom is 0.169 e. The first kappa shape index (κ1) is 17.7. The van der Waals surface area contributed by atoms with Crippen molar-refractivity contribution < 1.29 is 4.39 Å². The number of nitrogens with two attached hydrogens (primary N) is 1. The fraction of sp³-hybridized carbons (Fsp3) is 0.217. The number of anilines is 3. The Balaban J connectivity index is 1.49. The number of nitrogen functional groups attached to an aromatic ring is 1. The predicted octanol–water partition coefficient (Wildman–Crippen LogP) is 4.63. The number of benzene rings is 2. The highest BCUT2D eigenvalue weighted by Gasteiger charge is 2.18. The van der Waals surface area contributed by atoms with E-state index >= 15 is 0 Å². The Bertz CT molecular complexity index is 1180. The quantitative estimate of drug-likeness (QED) is 0.524. The molecule has 0 saturated heterocycles. The minimum absolute atomic E-state index is 0.207. The van der Waals surface area contributed by atoms with Crippen LogP contribution in [0.25, 0.3) is 11.0 Å². The number of hydrogen-bond donors (Lipinski definition) is 2. The molecule has 5 rings (SSSR count). The molecule has 0 unspecified atom stereocenters. The van der Waals surface area contributed by atoms with E-state index in [-0.39, 0.29) is 5.82 Å². The van der Waals surface area contributed by atoms with E-state index in [4.69, 9.17) is 5.73 Å². The molecule has 0 saturated carbocycles. The standard InChI is InChI=1S/C23H22FN5/c24-19-14-18-21(25)28-29(13-12-15-6-2-1-3-7-15)23(18)27-22(19)26-20-11-5-9-16-8-4-10-17(16)20/h1-3,5-7,9,11,14H,4,8,10,12-13H2,(H2,25,28)(H,26,27). The molecule has 0 radical (unpaired) electrons. The Morgan fingerprint density at radius 2 is 1.93 bits per heavy atom. The molecular weight excluding hydrogens is 365 g/mol. The Hall–Kier alpha value is -3.41. The van der Waals surface area contributed by atoms with Gasteiger partial charge in [0.25, 0.3) is 0 Å². The summed E-state index contributed by atoms with van der Waals surface area (Å²) >= 11 is 0. The summed E-state index contributed by atoms with van der Waals surface area (Å²) in [5.41, 5.74) is 11.3. The van der Waals surface area contributed by atoms with Crippen molar-refractivity contribution in [2.45, 2.75) is 32.2 Å². The second kappa shape index (κ2) is 7.20. The van der Waals surface area contributed by atoms with Crippen molar-refractivity contribution in [1.29, 1.82) is 0 Å². The second-order valence-electron chi connectivity index (χ2n) is 7.46. The molecule has 2 heterocycles. The van der Waals surface area contributed by atoms with E-state index in [1.165, 1.54) is 22.8 Å². The van der Waals surface area contributed by atoms with Crippen LogP contribution >= 0.6 is 0 Å². The minimum atomic E-state index is -0.428. The van der Waals surface area contributed by atoms with Gasteiger partial charge >= 0.3 is 0 Å². The molecule has 0 bridgehead atoms. The van der Waals surface area contributed by atoms with Gasteiger partial charge < -0.3 is 11.1 Å². The van der Waals surface area contributed by atoms with E-state index in [0.29, 0.717) is 23.4 Å². The highest BCUT2D eigenvalue weighted by molar-refractivity contribution is 5.88. The second-order valence-corrected chi connectivity index (χ2v) is 7.46. The summed E-state index contributed by atoms with van der Waals surface area (Å²) in [7, 11) is 0. The first-order valence-corrected chi connectivity index (χ1v) is 9.93. The summed E-state index contributed by atoms with van der Waals surface area (Å²) in [4.78, 5) is 4.56. The molecule has 2 aromatic carbocycles. The summed E-state index contributed by atoms with van der Waals surface area (Å²) in [6.45, 7) is 0.622. The van der Waals surface area contributed by atoms with Gasteiger partial charge in [0.1, 0.15) is 0 Å². The smallest absolute Gasteiger partial charge is 0.169 e. The topological polar surface area (TPSA) is 68.8 Å². The van der Waals surface area contributed by atoms with Gasteiger partial charge in [-0.2, -0.15) is 5.10 Å². The SMILES string of the molecule is Nc1nn(CCc2ccccc2)c2nc(Nc3cccc4c3CCC4)c(F)cc12. The Morgan fingerprint density at radius 3 is 2.79 bits per heavy atom. The van der Waals surface area contributed by atoms with E-state index in [0.717, 1.165) is 31.4 Å². The molecule has 0 spiro atoms. The molecule has 0 atom stereocenters. The average Bonchev–Trinajstić information content (AvgIpc) is 3.33. The molecule has 1 aliphatic rings. The van der Waals surface area contributed by atoms with Crippen LogP contribution in [0.5, 0.6) is 0 Å². The average molecular weight is 387 g/mol. The van der Waals surface area contributed by atoms with Crippen molar-refractivity contribution in [3.05, 3.63) is 77.1 Å². The van der Waals surface area contributed by atoms with Gasteiger partial charge in [-0.1, -0.05) is 42.5 Å². The first-order chi connectivity index (χ1) is 14.2. The highest BCUT2D eigenvalue weighted by atomic mass is 19.1. The third kappa shape index (κ3) is 3.31. The van der Waals surface area contributed by atoms with E-state index in [1.54, 1.807) is 4.68 Å². The highest BCUT2D eigenvalue weighted by Crippen LogP contribution is 2.32. The number of aryl methyl sites for hydroxylation is 3. The third-order valence-electron chi connectivity index (χ3n) is 5.56. The predicted molar refractivity (Wildman–Crippen MR) is 114 cm³/mol. The zero-order valence-electron chi connectivity index (χ0n) is 16.0. The molecule has 0 fully saturated rings. The Kier molecular flexibility index (Phi) is 4.39. The van der Waals surface area contributed by atoms with Crippen LogP contribution < -0.4 is 11.1 Å². The van der Waals surface area contributed by atoms with Crippen molar-refractivity contribution in [3.63, 3.8) is 0 Å². The van der Waals surface area contributed by atoms with Crippen LogP contribution in [0.15, 0.2) is 54.6 Å². The molecule has 5 nitrogen and oxygen atoms in total. The molecule has 3 N–H and O–H groups in total. The number of pyridine rings is 1. The molecule has 6 heteroatoms. The lowest BCUT2D eigenvalue weighted by Gasteiger charge is -2.12. The van der Waals surface area contributed by atoms with E-state index in [9.17, 15) is 4.39 Å². The number of aromatic nitrogens is 3. The number of rotatable bonds is 5. The first-order valence-electron chi connectivity index (χ1n) is 9.93.